The third kappa shape index (κ3) is 13.0. The zero-order valence-electron chi connectivity index (χ0n) is 19.2. The molecule has 0 saturated heterocycles. The number of carbonyl (C=O) groups is 5. The minimum atomic E-state index is -1.26. The number of primary amides is 1. The van der Waals surface area contributed by atoms with E-state index in [4.69, 9.17) is 22.3 Å². The van der Waals surface area contributed by atoms with Gasteiger partial charge < -0.3 is 38.3 Å². The molecule has 13 heteroatoms. The Morgan fingerprint density at radius 3 is 1.91 bits per heavy atom. The molecule has 0 aliphatic heterocycles. The molecule has 0 heterocycles. The fourth-order valence-corrected chi connectivity index (χ4v) is 3.15. The van der Waals surface area contributed by atoms with Crippen molar-refractivity contribution in [1.29, 1.82) is 0 Å². The van der Waals surface area contributed by atoms with E-state index in [-0.39, 0.29) is 30.9 Å². The number of carboxylic acid groups (broad SMARTS) is 1. The van der Waals surface area contributed by atoms with Crippen LogP contribution in [0.4, 0.5) is 0 Å². The van der Waals surface area contributed by atoms with Crippen molar-refractivity contribution in [3.8, 4) is 0 Å². The largest absolute Gasteiger partial charge is 0.480 e. The first-order chi connectivity index (χ1) is 15.4. The summed E-state index contributed by atoms with van der Waals surface area (Å²) in [5.74, 6) is -4.07. The number of nitrogens with one attached hydrogen (secondary N) is 3. The number of rotatable bonds is 17. The lowest BCUT2D eigenvalue weighted by Crippen LogP contribution is -2.57. The summed E-state index contributed by atoms with van der Waals surface area (Å²) in [4.78, 5) is 60.4. The van der Waals surface area contributed by atoms with Crippen molar-refractivity contribution < 1.29 is 29.1 Å². The zero-order valence-corrected chi connectivity index (χ0v) is 20.1. The van der Waals surface area contributed by atoms with Gasteiger partial charge in [0.2, 0.25) is 23.6 Å². The Bertz CT molecular complexity index is 677. The lowest BCUT2D eigenvalue weighted by Gasteiger charge is -2.25. The molecule has 10 N–H and O–H groups in total. The first-order valence-electron chi connectivity index (χ1n) is 10.9. The molecule has 0 aromatic heterocycles. The van der Waals surface area contributed by atoms with Crippen molar-refractivity contribution in [1.82, 2.24) is 16.0 Å². The van der Waals surface area contributed by atoms with Crippen LogP contribution < -0.4 is 33.2 Å². The van der Waals surface area contributed by atoms with Crippen LogP contribution in [0.3, 0.4) is 0 Å². The van der Waals surface area contributed by atoms with Crippen molar-refractivity contribution in [3.63, 3.8) is 0 Å². The van der Waals surface area contributed by atoms with E-state index in [0.717, 1.165) is 0 Å². The van der Waals surface area contributed by atoms with E-state index in [2.05, 4.69) is 28.6 Å². The normalized spacial score (nSPS) is 14.6. The number of hydrogen-bond acceptors (Lipinski definition) is 8. The third-order valence-corrected chi connectivity index (χ3v) is 5.12. The monoisotopic (exact) mass is 490 g/mol. The fraction of sp³-hybridized carbons (Fsp3) is 0.750. The van der Waals surface area contributed by atoms with Gasteiger partial charge in [-0.2, -0.15) is 12.6 Å². The van der Waals surface area contributed by atoms with Gasteiger partial charge in [-0.15, -0.1) is 0 Å². The van der Waals surface area contributed by atoms with Gasteiger partial charge in [0.25, 0.3) is 0 Å². The number of unbranched alkanes of at least 4 members (excludes halogenated alkanes) is 1. The summed E-state index contributed by atoms with van der Waals surface area (Å²) in [6.45, 7) is 4.12. The molecule has 0 bridgehead atoms. The summed E-state index contributed by atoms with van der Waals surface area (Å²) in [6, 6.07) is -4.33. The highest BCUT2D eigenvalue weighted by Gasteiger charge is 2.30. The van der Waals surface area contributed by atoms with Crippen LogP contribution in [0.2, 0.25) is 0 Å². The first-order valence-corrected chi connectivity index (χ1v) is 11.5. The summed E-state index contributed by atoms with van der Waals surface area (Å²) >= 11 is 3.91. The Kier molecular flexibility index (Phi) is 15.1. The number of thiol groups is 1. The van der Waals surface area contributed by atoms with Gasteiger partial charge in [-0.3, -0.25) is 19.2 Å². The van der Waals surface area contributed by atoms with E-state index >= 15 is 0 Å². The van der Waals surface area contributed by atoms with Crippen molar-refractivity contribution in [2.24, 2.45) is 23.1 Å². The van der Waals surface area contributed by atoms with E-state index in [1.165, 1.54) is 0 Å². The maximum Gasteiger partial charge on any atom is 0.327 e. The summed E-state index contributed by atoms with van der Waals surface area (Å²) in [6.07, 6.45) is 1.64. The second-order valence-electron chi connectivity index (χ2n) is 8.23. The van der Waals surface area contributed by atoms with E-state index in [0.29, 0.717) is 25.8 Å². The average Bonchev–Trinajstić information content (AvgIpc) is 2.73. The molecule has 0 rings (SSSR count). The number of amides is 4. The average molecular weight is 491 g/mol. The molecule has 0 aliphatic rings. The maximum atomic E-state index is 12.9. The van der Waals surface area contributed by atoms with E-state index in [1.54, 1.807) is 0 Å². The summed E-state index contributed by atoms with van der Waals surface area (Å²) in [7, 11) is 0. The van der Waals surface area contributed by atoms with Gasteiger partial charge in [-0.05, 0) is 38.1 Å². The predicted octanol–water partition coefficient (Wildman–Crippen LogP) is -1.78. The van der Waals surface area contributed by atoms with Gasteiger partial charge in [-0.25, -0.2) is 4.79 Å². The van der Waals surface area contributed by atoms with Crippen molar-refractivity contribution in [3.05, 3.63) is 0 Å². The molecule has 4 unspecified atom stereocenters. The van der Waals surface area contributed by atoms with Crippen LogP contribution >= 0.6 is 12.6 Å². The van der Waals surface area contributed by atoms with Crippen LogP contribution in [-0.4, -0.2) is 71.2 Å². The van der Waals surface area contributed by atoms with Gasteiger partial charge >= 0.3 is 5.97 Å². The highest BCUT2D eigenvalue weighted by molar-refractivity contribution is 7.80. The standard InChI is InChI=1S/C20H38N6O6S/c1-11(2)9-14(19(30)26-15(10-33)20(31)32)25-18(29)13(6-7-16(23)27)24-17(28)12(22)5-3-4-8-21/h11-15,33H,3-10,21-22H2,1-2H3,(H2,23,27)(H,24,28)(H,25,29)(H,26,30)(H,31,32). The summed E-state index contributed by atoms with van der Waals surface area (Å²) in [5.41, 5.74) is 16.5. The van der Waals surface area contributed by atoms with Crippen LogP contribution in [0.15, 0.2) is 0 Å². The molecule has 0 fully saturated rings. The van der Waals surface area contributed by atoms with Gasteiger partial charge in [0.1, 0.15) is 18.1 Å². The van der Waals surface area contributed by atoms with Gasteiger partial charge in [0.15, 0.2) is 0 Å². The van der Waals surface area contributed by atoms with E-state index < -0.39 is 53.8 Å². The second-order valence-corrected chi connectivity index (χ2v) is 8.59. The van der Waals surface area contributed by atoms with Crippen LogP contribution in [0.25, 0.3) is 0 Å². The number of hydrogen-bond donors (Lipinski definition) is 8. The maximum absolute atomic E-state index is 12.9. The Morgan fingerprint density at radius 1 is 0.879 bits per heavy atom. The van der Waals surface area contributed by atoms with Crippen LogP contribution in [-0.2, 0) is 24.0 Å². The highest BCUT2D eigenvalue weighted by Crippen LogP contribution is 2.08. The third-order valence-electron chi connectivity index (χ3n) is 4.76. The molecule has 0 radical (unpaired) electrons. The molecule has 12 nitrogen and oxygen atoms in total. The molecular weight excluding hydrogens is 452 g/mol. The topological polar surface area (TPSA) is 220 Å². The molecule has 0 aromatic rings. The number of nitrogens with two attached hydrogens (primary N) is 3. The van der Waals surface area contributed by atoms with Crippen molar-refractivity contribution >= 4 is 42.2 Å². The van der Waals surface area contributed by atoms with Crippen LogP contribution in [0.1, 0.15) is 52.4 Å². The molecule has 0 spiro atoms. The molecule has 4 amide bonds. The SMILES string of the molecule is CC(C)CC(NC(=O)C(CCC(N)=O)NC(=O)C(N)CCCCN)C(=O)NC(CS)C(=O)O. The molecule has 0 aliphatic carbocycles. The second kappa shape index (κ2) is 16.3. The smallest absolute Gasteiger partial charge is 0.327 e. The minimum absolute atomic E-state index is 0.0186. The number of aliphatic carboxylic acids is 1. The molecule has 0 aromatic carbocycles. The summed E-state index contributed by atoms with van der Waals surface area (Å²) < 4.78 is 0. The lowest BCUT2D eigenvalue weighted by molar-refractivity contribution is -0.141. The molecule has 33 heavy (non-hydrogen) atoms. The minimum Gasteiger partial charge on any atom is -0.480 e. The Labute approximate surface area is 199 Å². The number of carboxylic acids is 1. The van der Waals surface area contributed by atoms with E-state index in [9.17, 15) is 24.0 Å². The van der Waals surface area contributed by atoms with E-state index in [1.807, 2.05) is 13.8 Å². The lowest BCUT2D eigenvalue weighted by atomic mass is 10.0. The molecular formula is C20H38N6O6S. The quantitative estimate of drug-likeness (QED) is 0.0858. The summed E-state index contributed by atoms with van der Waals surface area (Å²) in [5, 5.41) is 16.5. The van der Waals surface area contributed by atoms with Crippen LogP contribution in [0.5, 0.6) is 0 Å². The molecule has 190 valence electrons. The van der Waals surface area contributed by atoms with Gasteiger partial charge in [0.05, 0.1) is 6.04 Å². The first kappa shape index (κ1) is 30.6. The fourth-order valence-electron chi connectivity index (χ4n) is 2.91. The van der Waals surface area contributed by atoms with Gasteiger partial charge in [-0.1, -0.05) is 20.3 Å². The van der Waals surface area contributed by atoms with Crippen LogP contribution in [0, 0.1) is 5.92 Å². The van der Waals surface area contributed by atoms with Crippen molar-refractivity contribution in [2.45, 2.75) is 76.5 Å². The van der Waals surface area contributed by atoms with Crippen molar-refractivity contribution in [2.75, 3.05) is 12.3 Å². The highest BCUT2D eigenvalue weighted by atomic mass is 32.1. The number of carbonyl (C=O) groups excluding carboxylic acids is 4. The zero-order chi connectivity index (χ0) is 25.6. The van der Waals surface area contributed by atoms with Gasteiger partial charge in [0, 0.05) is 12.2 Å². The molecule has 4 atom stereocenters. The molecule has 0 saturated carbocycles. The Hall–Kier alpha value is -2.38. The Balaban J connectivity index is 5.40. The Morgan fingerprint density at radius 2 is 1.42 bits per heavy atom. The predicted molar refractivity (Wildman–Crippen MR) is 126 cm³/mol.